The molecule has 1 atom stereocenters. The summed E-state index contributed by atoms with van der Waals surface area (Å²) in [6.07, 6.45) is 0.403. The van der Waals surface area contributed by atoms with Gasteiger partial charge in [-0.2, -0.15) is 0 Å². The van der Waals surface area contributed by atoms with Crippen molar-refractivity contribution in [2.24, 2.45) is 0 Å². The monoisotopic (exact) mass is 214 g/mol. The average molecular weight is 214 g/mol. The van der Waals surface area contributed by atoms with Crippen molar-refractivity contribution in [3.63, 3.8) is 0 Å². The quantitative estimate of drug-likeness (QED) is 0.723. The Bertz CT molecular complexity index is 334. The first-order valence-corrected chi connectivity index (χ1v) is 5.08. The van der Waals surface area contributed by atoms with E-state index in [4.69, 9.17) is 0 Å². The molecule has 6 heteroatoms. The number of hydrogen-bond acceptors (Lipinski definition) is 6. The highest BCUT2D eigenvalue weighted by atomic mass is 32.1. The van der Waals surface area contributed by atoms with Crippen LogP contribution in [-0.2, 0) is 14.9 Å². The van der Waals surface area contributed by atoms with Gasteiger partial charge in [0.25, 0.3) is 0 Å². The Morgan fingerprint density at radius 1 is 1.79 bits per heavy atom. The Morgan fingerprint density at radius 3 is 2.93 bits per heavy atom. The van der Waals surface area contributed by atoms with Crippen LogP contribution in [-0.4, -0.2) is 33.9 Å². The third-order valence-electron chi connectivity index (χ3n) is 2.61. The molecule has 0 aromatic carbocycles. The Hall–Kier alpha value is -1.01. The van der Waals surface area contributed by atoms with Gasteiger partial charge in [0, 0.05) is 5.38 Å². The lowest BCUT2D eigenvalue weighted by Gasteiger charge is -2.16. The maximum Gasteiger partial charge on any atom is 0.335 e. The molecular formula is C8H10N2O3S. The van der Waals surface area contributed by atoms with Gasteiger partial charge in [-0.15, -0.1) is 5.10 Å². The number of ether oxygens (including phenoxy) is 1. The van der Waals surface area contributed by atoms with E-state index < -0.39 is 17.5 Å². The second-order valence-electron chi connectivity index (χ2n) is 3.37. The highest BCUT2D eigenvalue weighted by Crippen LogP contribution is 2.50. The van der Waals surface area contributed by atoms with Gasteiger partial charge in [0.05, 0.1) is 18.2 Å². The van der Waals surface area contributed by atoms with Gasteiger partial charge in [0.2, 0.25) is 0 Å². The summed E-state index contributed by atoms with van der Waals surface area (Å²) in [5, 5.41) is 15.4. The third-order valence-corrected chi connectivity index (χ3v) is 3.11. The van der Waals surface area contributed by atoms with Crippen LogP contribution in [0.1, 0.15) is 18.5 Å². The van der Waals surface area contributed by atoms with Crippen LogP contribution < -0.4 is 0 Å². The zero-order chi connectivity index (χ0) is 10.2. The van der Waals surface area contributed by atoms with Gasteiger partial charge in [0.1, 0.15) is 0 Å². The maximum absolute atomic E-state index is 11.2. The standard InChI is InChI=1S/C8H10N2O3S/c1-13-7(12)6(11)8(2-3-8)5-4-14-10-9-5/h4,6,11H,2-3H2,1H3. The van der Waals surface area contributed by atoms with E-state index in [9.17, 15) is 9.90 Å². The number of nitrogens with zero attached hydrogens (tertiary/aromatic N) is 2. The molecule has 1 aromatic heterocycles. The lowest BCUT2D eigenvalue weighted by atomic mass is 9.96. The molecule has 0 radical (unpaired) electrons. The zero-order valence-electron chi connectivity index (χ0n) is 7.64. The summed E-state index contributed by atoms with van der Waals surface area (Å²) < 4.78 is 8.23. The highest BCUT2D eigenvalue weighted by Gasteiger charge is 2.55. The first-order chi connectivity index (χ1) is 6.70. The maximum atomic E-state index is 11.2. The number of aliphatic hydroxyl groups is 1. The summed E-state index contributed by atoms with van der Waals surface area (Å²) in [6, 6.07) is 0. The summed E-state index contributed by atoms with van der Waals surface area (Å²) >= 11 is 1.22. The molecule has 0 aliphatic heterocycles. The zero-order valence-corrected chi connectivity index (χ0v) is 8.45. The minimum Gasteiger partial charge on any atom is -0.467 e. The van der Waals surface area contributed by atoms with Crippen LogP contribution in [0.25, 0.3) is 0 Å². The van der Waals surface area contributed by atoms with E-state index in [0.717, 1.165) is 12.8 Å². The Kier molecular flexibility index (Phi) is 2.24. The summed E-state index contributed by atoms with van der Waals surface area (Å²) in [4.78, 5) is 11.2. The lowest BCUT2D eigenvalue weighted by molar-refractivity contribution is -0.152. The van der Waals surface area contributed by atoms with Crippen molar-refractivity contribution in [1.29, 1.82) is 0 Å². The molecule has 5 nitrogen and oxygen atoms in total. The smallest absolute Gasteiger partial charge is 0.335 e. The Balaban J connectivity index is 2.21. The summed E-state index contributed by atoms with van der Waals surface area (Å²) in [5.41, 5.74) is 0.167. The number of aromatic nitrogens is 2. The second-order valence-corrected chi connectivity index (χ2v) is 3.98. The Morgan fingerprint density at radius 2 is 2.50 bits per heavy atom. The molecule has 76 valence electrons. The average Bonchev–Trinajstić information content (AvgIpc) is 2.84. The van der Waals surface area contributed by atoms with Crippen molar-refractivity contribution in [1.82, 2.24) is 9.59 Å². The van der Waals surface area contributed by atoms with Crippen LogP contribution in [0.2, 0.25) is 0 Å². The minimum absolute atomic E-state index is 0.528. The van der Waals surface area contributed by atoms with E-state index in [-0.39, 0.29) is 0 Å². The molecule has 0 saturated heterocycles. The fraction of sp³-hybridized carbons (Fsp3) is 0.625. The van der Waals surface area contributed by atoms with Crippen molar-refractivity contribution in [3.05, 3.63) is 11.1 Å². The molecule has 1 saturated carbocycles. The number of hydrogen-bond donors (Lipinski definition) is 1. The number of aliphatic hydroxyl groups excluding tert-OH is 1. The van der Waals surface area contributed by atoms with Gasteiger partial charge in [0.15, 0.2) is 6.10 Å². The molecule has 1 heterocycles. The molecule has 1 aromatic rings. The molecular weight excluding hydrogens is 204 g/mol. The van der Waals surface area contributed by atoms with E-state index in [2.05, 4.69) is 14.3 Å². The Labute approximate surface area is 84.9 Å². The number of carbonyl (C=O) groups excluding carboxylic acids is 1. The van der Waals surface area contributed by atoms with Crippen molar-refractivity contribution < 1.29 is 14.6 Å². The second kappa shape index (κ2) is 3.29. The molecule has 1 aliphatic carbocycles. The van der Waals surface area contributed by atoms with Crippen molar-refractivity contribution >= 4 is 17.5 Å². The molecule has 2 rings (SSSR count). The SMILES string of the molecule is COC(=O)C(O)C1(c2csnn2)CC1. The van der Waals surface area contributed by atoms with Crippen LogP contribution in [0, 0.1) is 0 Å². The topological polar surface area (TPSA) is 72.3 Å². The van der Waals surface area contributed by atoms with E-state index in [1.807, 2.05) is 0 Å². The minimum atomic E-state index is -1.11. The van der Waals surface area contributed by atoms with Gasteiger partial charge < -0.3 is 9.84 Å². The van der Waals surface area contributed by atoms with E-state index in [0.29, 0.717) is 5.69 Å². The fourth-order valence-corrected chi connectivity index (χ4v) is 2.09. The van der Waals surface area contributed by atoms with Crippen LogP contribution >= 0.6 is 11.5 Å². The number of methoxy groups -OCH3 is 1. The van der Waals surface area contributed by atoms with Gasteiger partial charge in [-0.05, 0) is 24.4 Å². The molecule has 0 bridgehead atoms. The number of carbonyl (C=O) groups is 1. The van der Waals surface area contributed by atoms with E-state index in [1.165, 1.54) is 18.6 Å². The molecule has 0 spiro atoms. The third kappa shape index (κ3) is 1.31. The first-order valence-electron chi connectivity index (χ1n) is 4.24. The molecule has 1 aliphatic rings. The van der Waals surface area contributed by atoms with Gasteiger partial charge in [-0.3, -0.25) is 0 Å². The van der Waals surface area contributed by atoms with Crippen molar-refractivity contribution in [3.8, 4) is 0 Å². The highest BCUT2D eigenvalue weighted by molar-refractivity contribution is 7.03. The normalized spacial score (nSPS) is 20.1. The first kappa shape index (κ1) is 9.54. The molecule has 0 amide bonds. The van der Waals surface area contributed by atoms with Crippen LogP contribution in [0.15, 0.2) is 5.38 Å². The number of esters is 1. The number of rotatable bonds is 3. The molecule has 1 unspecified atom stereocenters. The predicted octanol–water partition coefficient (Wildman–Crippen LogP) is 0.104. The molecule has 1 N–H and O–H groups in total. The lowest BCUT2D eigenvalue weighted by Crippen LogP contribution is -2.35. The summed E-state index contributed by atoms with van der Waals surface area (Å²) in [5.74, 6) is -0.601. The van der Waals surface area contributed by atoms with Crippen molar-refractivity contribution in [2.45, 2.75) is 24.4 Å². The van der Waals surface area contributed by atoms with Gasteiger partial charge >= 0.3 is 5.97 Å². The molecule has 14 heavy (non-hydrogen) atoms. The van der Waals surface area contributed by atoms with Crippen LogP contribution in [0.5, 0.6) is 0 Å². The summed E-state index contributed by atoms with van der Waals surface area (Å²) in [7, 11) is 1.26. The van der Waals surface area contributed by atoms with E-state index >= 15 is 0 Å². The largest absolute Gasteiger partial charge is 0.467 e. The van der Waals surface area contributed by atoms with Crippen molar-refractivity contribution in [2.75, 3.05) is 7.11 Å². The predicted molar refractivity (Wildman–Crippen MR) is 48.8 cm³/mol. The van der Waals surface area contributed by atoms with Crippen LogP contribution in [0.4, 0.5) is 0 Å². The van der Waals surface area contributed by atoms with Gasteiger partial charge in [-0.1, -0.05) is 4.49 Å². The fourth-order valence-electron chi connectivity index (χ4n) is 1.52. The van der Waals surface area contributed by atoms with Gasteiger partial charge in [-0.25, -0.2) is 4.79 Å². The molecule has 1 fully saturated rings. The summed E-state index contributed by atoms with van der Waals surface area (Å²) in [6.45, 7) is 0. The van der Waals surface area contributed by atoms with Crippen LogP contribution in [0.3, 0.4) is 0 Å². The van der Waals surface area contributed by atoms with E-state index in [1.54, 1.807) is 5.38 Å².